The van der Waals surface area contributed by atoms with E-state index < -0.39 is 0 Å². The first-order valence-corrected chi connectivity index (χ1v) is 8.13. The number of amides is 1. The largest absolute Gasteiger partial charge is 0.359 e. The van der Waals surface area contributed by atoms with Gasteiger partial charge in [-0.05, 0) is 25.5 Å². The molecule has 1 atom stereocenters. The molecule has 2 rings (SSSR count). The number of quaternary nitrogens is 1. The standard InChI is InChI=1S/C16H24ClN3O/c1-3-8-18-16(21)13(2)19-9-11-20(12-10-19)15-7-5-4-6-14(15)17/h4-7,13H,3,8-12H2,1-2H3,(H,18,21)/p+1/t13-/m0/s1. The first-order chi connectivity index (χ1) is 10.1. The van der Waals surface area contributed by atoms with Gasteiger partial charge in [-0.25, -0.2) is 0 Å². The minimum absolute atomic E-state index is 0.0185. The van der Waals surface area contributed by atoms with Gasteiger partial charge in [0.1, 0.15) is 0 Å². The molecule has 0 aliphatic carbocycles. The number of halogens is 1. The van der Waals surface area contributed by atoms with Crippen molar-refractivity contribution < 1.29 is 9.69 Å². The maximum absolute atomic E-state index is 12.0. The Kier molecular flexibility index (Phi) is 5.88. The number of benzene rings is 1. The van der Waals surface area contributed by atoms with Crippen LogP contribution in [0.25, 0.3) is 0 Å². The molecule has 1 fully saturated rings. The molecule has 1 saturated heterocycles. The number of nitrogens with one attached hydrogen (secondary N) is 2. The number of hydrogen-bond donors (Lipinski definition) is 2. The molecule has 0 spiro atoms. The van der Waals surface area contributed by atoms with E-state index in [1.807, 2.05) is 25.1 Å². The molecular weight excluding hydrogens is 286 g/mol. The minimum atomic E-state index is 0.0185. The summed E-state index contributed by atoms with van der Waals surface area (Å²) in [6.45, 7) is 8.65. The summed E-state index contributed by atoms with van der Waals surface area (Å²) < 4.78 is 0. The lowest BCUT2D eigenvalue weighted by atomic mass is 10.2. The van der Waals surface area contributed by atoms with Crippen molar-refractivity contribution in [2.75, 3.05) is 37.6 Å². The lowest BCUT2D eigenvalue weighted by molar-refractivity contribution is -0.914. The smallest absolute Gasteiger partial charge is 0.278 e. The van der Waals surface area contributed by atoms with Crippen molar-refractivity contribution in [2.45, 2.75) is 26.3 Å². The molecule has 1 amide bonds. The molecule has 0 saturated carbocycles. The Morgan fingerprint density at radius 1 is 1.38 bits per heavy atom. The molecular formula is C16H25ClN3O+. The average molecular weight is 311 g/mol. The van der Waals surface area contributed by atoms with Crippen LogP contribution in [0, 0.1) is 0 Å². The number of rotatable bonds is 5. The highest BCUT2D eigenvalue weighted by Gasteiger charge is 2.29. The monoisotopic (exact) mass is 310 g/mol. The Hall–Kier alpha value is -1.26. The maximum Gasteiger partial charge on any atom is 0.278 e. The van der Waals surface area contributed by atoms with Crippen LogP contribution in [0.2, 0.25) is 5.02 Å². The predicted octanol–water partition coefficient (Wildman–Crippen LogP) is 0.960. The van der Waals surface area contributed by atoms with Crippen LogP contribution in [0.5, 0.6) is 0 Å². The zero-order chi connectivity index (χ0) is 15.2. The topological polar surface area (TPSA) is 36.8 Å². The summed E-state index contributed by atoms with van der Waals surface area (Å²) in [7, 11) is 0. The molecule has 1 aromatic rings. The number of para-hydroxylation sites is 1. The Morgan fingerprint density at radius 3 is 2.67 bits per heavy atom. The Morgan fingerprint density at radius 2 is 2.05 bits per heavy atom. The van der Waals surface area contributed by atoms with Crippen LogP contribution in [0.15, 0.2) is 24.3 Å². The van der Waals surface area contributed by atoms with Gasteiger partial charge in [-0.3, -0.25) is 4.79 Å². The zero-order valence-electron chi connectivity index (χ0n) is 12.9. The van der Waals surface area contributed by atoms with E-state index in [4.69, 9.17) is 11.6 Å². The van der Waals surface area contributed by atoms with Gasteiger partial charge in [0, 0.05) is 6.54 Å². The van der Waals surface area contributed by atoms with Crippen LogP contribution < -0.4 is 15.1 Å². The Bertz CT molecular complexity index is 472. The van der Waals surface area contributed by atoms with E-state index in [1.54, 1.807) is 0 Å². The summed E-state index contributed by atoms with van der Waals surface area (Å²) >= 11 is 6.25. The van der Waals surface area contributed by atoms with Crippen molar-refractivity contribution >= 4 is 23.2 Å². The first kappa shape index (κ1) is 16.1. The number of nitrogens with zero attached hydrogens (tertiary/aromatic N) is 1. The molecule has 1 heterocycles. The van der Waals surface area contributed by atoms with Gasteiger partial charge in [0.2, 0.25) is 0 Å². The maximum atomic E-state index is 12.0. The molecule has 2 N–H and O–H groups in total. The molecule has 0 bridgehead atoms. The van der Waals surface area contributed by atoms with E-state index in [0.717, 1.165) is 49.9 Å². The highest BCUT2D eigenvalue weighted by Crippen LogP contribution is 2.24. The average Bonchev–Trinajstić information content (AvgIpc) is 2.52. The number of piperazine rings is 1. The van der Waals surface area contributed by atoms with Crippen LogP contribution in [-0.2, 0) is 4.79 Å². The number of hydrogen-bond acceptors (Lipinski definition) is 2. The predicted molar refractivity (Wildman–Crippen MR) is 87.1 cm³/mol. The van der Waals surface area contributed by atoms with Gasteiger partial charge in [-0.2, -0.15) is 0 Å². The number of carbonyl (C=O) groups excluding carboxylic acids is 1. The van der Waals surface area contributed by atoms with Crippen LogP contribution >= 0.6 is 11.6 Å². The first-order valence-electron chi connectivity index (χ1n) is 7.75. The van der Waals surface area contributed by atoms with Gasteiger partial charge in [0.05, 0.1) is 36.9 Å². The van der Waals surface area contributed by atoms with Crippen molar-refractivity contribution in [3.63, 3.8) is 0 Å². The third kappa shape index (κ3) is 4.11. The Balaban J connectivity index is 1.88. The van der Waals surface area contributed by atoms with Crippen LogP contribution in [0.3, 0.4) is 0 Å². The SMILES string of the molecule is CCCNC(=O)[C@H](C)[NH+]1CCN(c2ccccc2Cl)CC1. The van der Waals surface area contributed by atoms with E-state index in [-0.39, 0.29) is 11.9 Å². The summed E-state index contributed by atoms with van der Waals surface area (Å²) in [5, 5.41) is 3.79. The van der Waals surface area contributed by atoms with Crippen LogP contribution in [-0.4, -0.2) is 44.7 Å². The van der Waals surface area contributed by atoms with E-state index in [2.05, 4.69) is 23.2 Å². The second kappa shape index (κ2) is 7.66. The molecule has 116 valence electrons. The van der Waals surface area contributed by atoms with Gasteiger partial charge in [-0.1, -0.05) is 30.7 Å². The van der Waals surface area contributed by atoms with Gasteiger partial charge in [-0.15, -0.1) is 0 Å². The van der Waals surface area contributed by atoms with Crippen molar-refractivity contribution in [3.05, 3.63) is 29.3 Å². The molecule has 0 unspecified atom stereocenters. The minimum Gasteiger partial charge on any atom is -0.359 e. The fourth-order valence-electron chi connectivity index (χ4n) is 2.76. The summed E-state index contributed by atoms with van der Waals surface area (Å²) in [5.74, 6) is 0.165. The van der Waals surface area contributed by atoms with E-state index in [0.29, 0.717) is 0 Å². The second-order valence-electron chi connectivity index (χ2n) is 5.61. The highest BCUT2D eigenvalue weighted by molar-refractivity contribution is 6.33. The van der Waals surface area contributed by atoms with Gasteiger partial charge >= 0.3 is 0 Å². The van der Waals surface area contributed by atoms with E-state index >= 15 is 0 Å². The Labute approximate surface area is 132 Å². The molecule has 1 aliphatic rings. The van der Waals surface area contributed by atoms with Gasteiger partial charge in [0.15, 0.2) is 6.04 Å². The third-order valence-corrected chi connectivity index (χ3v) is 4.47. The summed E-state index contributed by atoms with van der Waals surface area (Å²) in [5.41, 5.74) is 1.10. The quantitative estimate of drug-likeness (QED) is 0.850. The number of anilines is 1. The van der Waals surface area contributed by atoms with Crippen LogP contribution in [0.1, 0.15) is 20.3 Å². The third-order valence-electron chi connectivity index (χ3n) is 4.15. The molecule has 5 heteroatoms. The normalized spacial score (nSPS) is 17.6. The molecule has 1 aromatic carbocycles. The fourth-order valence-corrected chi connectivity index (χ4v) is 3.02. The summed E-state index contributed by atoms with van der Waals surface area (Å²) in [6, 6.07) is 7.97. The lowest BCUT2D eigenvalue weighted by Gasteiger charge is -2.36. The molecule has 0 aromatic heterocycles. The van der Waals surface area contributed by atoms with E-state index in [9.17, 15) is 4.79 Å². The van der Waals surface area contributed by atoms with Crippen molar-refractivity contribution in [3.8, 4) is 0 Å². The van der Waals surface area contributed by atoms with E-state index in [1.165, 1.54) is 4.90 Å². The molecule has 0 radical (unpaired) electrons. The lowest BCUT2D eigenvalue weighted by Crippen LogP contribution is -3.19. The number of carbonyl (C=O) groups is 1. The van der Waals surface area contributed by atoms with Crippen molar-refractivity contribution in [1.29, 1.82) is 0 Å². The summed E-state index contributed by atoms with van der Waals surface area (Å²) in [4.78, 5) is 15.7. The van der Waals surface area contributed by atoms with Gasteiger partial charge < -0.3 is 15.1 Å². The van der Waals surface area contributed by atoms with Crippen molar-refractivity contribution in [2.24, 2.45) is 0 Å². The molecule has 4 nitrogen and oxygen atoms in total. The van der Waals surface area contributed by atoms with Gasteiger partial charge in [0.25, 0.3) is 5.91 Å². The molecule has 21 heavy (non-hydrogen) atoms. The second-order valence-corrected chi connectivity index (χ2v) is 6.02. The zero-order valence-corrected chi connectivity index (χ0v) is 13.6. The van der Waals surface area contributed by atoms with Crippen LogP contribution in [0.4, 0.5) is 5.69 Å². The highest BCUT2D eigenvalue weighted by atomic mass is 35.5. The summed E-state index contributed by atoms with van der Waals surface area (Å²) in [6.07, 6.45) is 0.980. The fraction of sp³-hybridized carbons (Fsp3) is 0.562. The van der Waals surface area contributed by atoms with Crippen molar-refractivity contribution in [1.82, 2.24) is 5.32 Å². The molecule has 1 aliphatic heterocycles.